The fraction of sp³-hybridized carbons (Fsp3) is 0.562. The van der Waals surface area contributed by atoms with Crippen LogP contribution in [-0.2, 0) is 4.79 Å². The highest BCUT2D eigenvalue weighted by molar-refractivity contribution is 6.30. The summed E-state index contributed by atoms with van der Waals surface area (Å²) in [6.07, 6.45) is 5.28. The van der Waals surface area contributed by atoms with Crippen molar-refractivity contribution in [1.82, 2.24) is 5.32 Å². The molecule has 20 heavy (non-hydrogen) atoms. The number of hydrogen-bond donors (Lipinski definition) is 2. The highest BCUT2D eigenvalue weighted by Gasteiger charge is 2.20. The van der Waals surface area contributed by atoms with Crippen LogP contribution >= 0.6 is 11.6 Å². The Kier molecular flexibility index (Phi) is 5.86. The predicted molar refractivity (Wildman–Crippen MR) is 84.1 cm³/mol. The zero-order valence-corrected chi connectivity index (χ0v) is 12.7. The molecule has 0 spiro atoms. The second kappa shape index (κ2) is 7.65. The van der Waals surface area contributed by atoms with E-state index >= 15 is 0 Å². The van der Waals surface area contributed by atoms with Gasteiger partial charge in [-0.3, -0.25) is 4.79 Å². The molecule has 4 heteroatoms. The van der Waals surface area contributed by atoms with Gasteiger partial charge in [-0.25, -0.2) is 0 Å². The third-order valence-corrected chi connectivity index (χ3v) is 4.32. The van der Waals surface area contributed by atoms with Gasteiger partial charge in [-0.15, -0.1) is 0 Å². The summed E-state index contributed by atoms with van der Waals surface area (Å²) < 4.78 is 0. The van der Waals surface area contributed by atoms with Crippen LogP contribution in [-0.4, -0.2) is 19.0 Å². The molecule has 1 aromatic rings. The van der Waals surface area contributed by atoms with Crippen molar-refractivity contribution in [1.29, 1.82) is 0 Å². The average Bonchev–Trinajstić information content (AvgIpc) is 2.41. The summed E-state index contributed by atoms with van der Waals surface area (Å²) in [7, 11) is 0. The monoisotopic (exact) mass is 294 g/mol. The Morgan fingerprint density at radius 3 is 2.90 bits per heavy atom. The number of carbonyl (C=O) groups excluding carboxylic acids is 1. The Labute approximate surface area is 126 Å². The Hall–Kier alpha value is -1.06. The van der Waals surface area contributed by atoms with E-state index in [1.165, 1.54) is 25.7 Å². The molecule has 1 aromatic carbocycles. The van der Waals surface area contributed by atoms with Gasteiger partial charge in [-0.2, -0.15) is 0 Å². The normalized spacial score (nSPS) is 22.5. The zero-order chi connectivity index (χ0) is 14.4. The Bertz CT molecular complexity index is 450. The second-order valence-electron chi connectivity index (χ2n) is 5.71. The van der Waals surface area contributed by atoms with Crippen molar-refractivity contribution in [2.75, 3.05) is 18.4 Å². The first-order valence-electron chi connectivity index (χ1n) is 7.41. The third-order valence-electron chi connectivity index (χ3n) is 4.09. The number of hydrogen-bond acceptors (Lipinski definition) is 2. The van der Waals surface area contributed by atoms with E-state index in [-0.39, 0.29) is 5.91 Å². The van der Waals surface area contributed by atoms with Crippen LogP contribution in [0.15, 0.2) is 24.3 Å². The van der Waals surface area contributed by atoms with Gasteiger partial charge in [-0.1, -0.05) is 43.9 Å². The molecule has 2 unspecified atom stereocenters. The molecule has 110 valence electrons. The molecule has 1 aliphatic carbocycles. The molecule has 1 amide bonds. The summed E-state index contributed by atoms with van der Waals surface area (Å²) >= 11 is 5.88. The Balaban J connectivity index is 1.70. The molecule has 1 aliphatic rings. The fourth-order valence-corrected chi connectivity index (χ4v) is 3.03. The van der Waals surface area contributed by atoms with E-state index in [1.54, 1.807) is 12.1 Å². The van der Waals surface area contributed by atoms with Gasteiger partial charge >= 0.3 is 0 Å². The first kappa shape index (κ1) is 15.3. The lowest BCUT2D eigenvalue weighted by Crippen LogP contribution is -2.34. The largest absolute Gasteiger partial charge is 0.325 e. The summed E-state index contributed by atoms with van der Waals surface area (Å²) in [5.41, 5.74) is 0.746. The molecule has 0 heterocycles. The smallest absolute Gasteiger partial charge is 0.238 e. The van der Waals surface area contributed by atoms with Crippen molar-refractivity contribution in [3.8, 4) is 0 Å². The van der Waals surface area contributed by atoms with Crippen LogP contribution in [0.4, 0.5) is 5.69 Å². The number of halogens is 1. The zero-order valence-electron chi connectivity index (χ0n) is 12.0. The highest BCUT2D eigenvalue weighted by Crippen LogP contribution is 2.28. The maximum absolute atomic E-state index is 11.8. The minimum absolute atomic E-state index is 0.0178. The van der Waals surface area contributed by atoms with Gasteiger partial charge in [0.15, 0.2) is 0 Å². The summed E-state index contributed by atoms with van der Waals surface area (Å²) in [6.45, 7) is 3.61. The summed E-state index contributed by atoms with van der Waals surface area (Å²) in [5.74, 6) is 1.46. The lowest BCUT2D eigenvalue weighted by Gasteiger charge is -2.28. The molecule has 3 nitrogen and oxygen atoms in total. The van der Waals surface area contributed by atoms with Crippen LogP contribution < -0.4 is 10.6 Å². The lowest BCUT2D eigenvalue weighted by atomic mass is 9.80. The molecule has 1 fully saturated rings. The number of rotatable bonds is 5. The first-order chi connectivity index (χ1) is 9.65. The van der Waals surface area contributed by atoms with Gasteiger partial charge in [0.2, 0.25) is 5.91 Å². The van der Waals surface area contributed by atoms with Crippen molar-refractivity contribution in [3.63, 3.8) is 0 Å². The molecule has 2 N–H and O–H groups in total. The van der Waals surface area contributed by atoms with Gasteiger partial charge in [0.1, 0.15) is 0 Å². The summed E-state index contributed by atoms with van der Waals surface area (Å²) in [6, 6.07) is 7.21. The first-order valence-corrected chi connectivity index (χ1v) is 7.79. The molecule has 0 radical (unpaired) electrons. The highest BCUT2D eigenvalue weighted by atomic mass is 35.5. The molecule has 2 rings (SSSR count). The van der Waals surface area contributed by atoms with Crippen molar-refractivity contribution >= 4 is 23.2 Å². The number of nitrogens with one attached hydrogen (secondary N) is 2. The van der Waals surface area contributed by atoms with E-state index in [2.05, 4.69) is 17.6 Å². The third kappa shape index (κ3) is 4.80. The van der Waals surface area contributed by atoms with Gasteiger partial charge < -0.3 is 10.6 Å². The minimum atomic E-state index is -0.0178. The number of benzene rings is 1. The van der Waals surface area contributed by atoms with E-state index in [4.69, 9.17) is 11.6 Å². The Morgan fingerprint density at radius 1 is 1.35 bits per heavy atom. The molecule has 0 saturated heterocycles. The predicted octanol–water partition coefficient (Wildman–Crippen LogP) is 3.69. The van der Waals surface area contributed by atoms with Crippen LogP contribution in [0.25, 0.3) is 0 Å². The minimum Gasteiger partial charge on any atom is -0.325 e. The molecule has 0 bridgehead atoms. The molecular formula is C16H23ClN2O. The quantitative estimate of drug-likeness (QED) is 0.869. The molecular weight excluding hydrogens is 272 g/mol. The van der Waals surface area contributed by atoms with Crippen LogP contribution in [0.1, 0.15) is 32.6 Å². The SMILES string of the molecule is CC1CCCCC1CNCC(=O)Nc1cccc(Cl)c1. The average molecular weight is 295 g/mol. The van der Waals surface area contributed by atoms with Crippen LogP contribution in [0.3, 0.4) is 0 Å². The van der Waals surface area contributed by atoms with Gasteiger partial charge in [0, 0.05) is 10.7 Å². The number of amides is 1. The summed E-state index contributed by atoms with van der Waals surface area (Å²) in [4.78, 5) is 11.8. The van der Waals surface area contributed by atoms with E-state index in [9.17, 15) is 4.79 Å². The second-order valence-corrected chi connectivity index (χ2v) is 6.15. The maximum Gasteiger partial charge on any atom is 0.238 e. The molecule has 2 atom stereocenters. The van der Waals surface area contributed by atoms with Gasteiger partial charge in [-0.05, 0) is 43.0 Å². The number of carbonyl (C=O) groups is 1. The molecule has 0 aliphatic heterocycles. The maximum atomic E-state index is 11.8. The van der Waals surface area contributed by atoms with Crippen LogP contribution in [0.2, 0.25) is 5.02 Å². The van der Waals surface area contributed by atoms with Crippen LogP contribution in [0.5, 0.6) is 0 Å². The molecule has 1 saturated carbocycles. The van der Waals surface area contributed by atoms with Crippen molar-refractivity contribution in [2.45, 2.75) is 32.6 Å². The number of anilines is 1. The van der Waals surface area contributed by atoms with Gasteiger partial charge in [0.25, 0.3) is 0 Å². The lowest BCUT2D eigenvalue weighted by molar-refractivity contribution is -0.115. The standard InChI is InChI=1S/C16H23ClN2O/c1-12-5-2-3-6-13(12)10-18-11-16(20)19-15-8-4-7-14(17)9-15/h4,7-9,12-13,18H,2-3,5-6,10-11H2,1H3,(H,19,20). The van der Waals surface area contributed by atoms with Crippen LogP contribution in [0, 0.1) is 11.8 Å². The fourth-order valence-electron chi connectivity index (χ4n) is 2.84. The van der Waals surface area contributed by atoms with E-state index in [0.717, 1.165) is 18.2 Å². The summed E-state index contributed by atoms with van der Waals surface area (Å²) in [5, 5.41) is 6.75. The van der Waals surface area contributed by atoms with E-state index in [1.807, 2.05) is 12.1 Å². The topological polar surface area (TPSA) is 41.1 Å². The van der Waals surface area contributed by atoms with E-state index in [0.29, 0.717) is 17.5 Å². The molecule has 0 aromatic heterocycles. The van der Waals surface area contributed by atoms with Gasteiger partial charge in [0.05, 0.1) is 6.54 Å². The van der Waals surface area contributed by atoms with Crippen molar-refractivity contribution < 1.29 is 4.79 Å². The van der Waals surface area contributed by atoms with Crippen molar-refractivity contribution in [3.05, 3.63) is 29.3 Å². The van der Waals surface area contributed by atoms with Crippen molar-refractivity contribution in [2.24, 2.45) is 11.8 Å². The Morgan fingerprint density at radius 2 is 2.15 bits per heavy atom. The van der Waals surface area contributed by atoms with E-state index < -0.39 is 0 Å².